The number of anilines is 1. The molecule has 3 N–H and O–H groups in total. The van der Waals surface area contributed by atoms with Crippen LogP contribution in [-0.4, -0.2) is 59.2 Å². The second-order valence-electron chi connectivity index (χ2n) is 7.40. The van der Waals surface area contributed by atoms with Crippen molar-refractivity contribution >= 4 is 34.4 Å². The van der Waals surface area contributed by atoms with E-state index in [0.717, 1.165) is 29.7 Å². The number of carboxylic acid groups (broad SMARTS) is 1. The molecular weight excluding hydrogens is 420 g/mol. The summed E-state index contributed by atoms with van der Waals surface area (Å²) in [6.07, 6.45) is 1.72. The number of carbonyl (C=O) groups excluding carboxylic acids is 2. The number of likely N-dealkylation sites (tertiary alicyclic amines) is 1. The lowest BCUT2D eigenvalue weighted by Crippen LogP contribution is -2.41. The molecule has 0 radical (unpaired) electrons. The molecule has 3 amide bonds. The summed E-state index contributed by atoms with van der Waals surface area (Å²) in [7, 11) is 0. The normalized spacial score (nSPS) is 16.0. The number of ether oxygens (including phenoxy) is 1. The van der Waals surface area contributed by atoms with Crippen molar-refractivity contribution in [3.8, 4) is 0 Å². The van der Waals surface area contributed by atoms with Crippen LogP contribution in [0.2, 0.25) is 0 Å². The summed E-state index contributed by atoms with van der Waals surface area (Å²) in [5.41, 5.74) is 1.55. The van der Waals surface area contributed by atoms with Crippen LogP contribution in [0, 0.1) is 12.8 Å². The molecule has 3 rings (SSSR count). The van der Waals surface area contributed by atoms with Crippen molar-refractivity contribution in [2.75, 3.05) is 31.6 Å². The third-order valence-corrected chi connectivity index (χ3v) is 5.95. The standard InChI is InChI=1S/C21H26N4O5S/c1-14-18(19(28)25-9-5-8-16(11-25)12-30-13-17(26)27)31-21(23-14)24-20(29)22-10-15-6-3-2-4-7-15/h2-4,6-7,16H,5,8-13H2,1H3,(H,26,27)(H2,22,23,24,29). The zero-order valence-corrected chi connectivity index (χ0v) is 18.1. The molecule has 1 atom stereocenters. The molecule has 9 nitrogen and oxygen atoms in total. The van der Waals surface area contributed by atoms with E-state index >= 15 is 0 Å². The number of nitrogens with one attached hydrogen (secondary N) is 2. The average molecular weight is 447 g/mol. The summed E-state index contributed by atoms with van der Waals surface area (Å²) in [4.78, 5) is 42.3. The Labute approximate surface area is 184 Å². The molecule has 1 aliphatic rings. The Hall–Kier alpha value is -2.98. The minimum Gasteiger partial charge on any atom is -0.480 e. The molecule has 1 saturated heterocycles. The topological polar surface area (TPSA) is 121 Å². The zero-order valence-electron chi connectivity index (χ0n) is 17.3. The van der Waals surface area contributed by atoms with Crippen molar-refractivity contribution in [2.45, 2.75) is 26.3 Å². The number of rotatable bonds is 8. The predicted octanol–water partition coefficient (Wildman–Crippen LogP) is 2.73. The van der Waals surface area contributed by atoms with Crippen molar-refractivity contribution in [2.24, 2.45) is 5.92 Å². The summed E-state index contributed by atoms with van der Waals surface area (Å²) >= 11 is 1.15. The van der Waals surface area contributed by atoms with E-state index in [-0.39, 0.29) is 24.5 Å². The Bertz CT molecular complexity index is 918. The Morgan fingerprint density at radius 3 is 2.81 bits per heavy atom. The predicted molar refractivity (Wildman–Crippen MR) is 116 cm³/mol. The van der Waals surface area contributed by atoms with Crippen LogP contribution in [0.4, 0.5) is 9.93 Å². The molecule has 2 heterocycles. The van der Waals surface area contributed by atoms with Gasteiger partial charge in [0.1, 0.15) is 11.5 Å². The van der Waals surface area contributed by atoms with Crippen LogP contribution in [0.1, 0.15) is 33.8 Å². The van der Waals surface area contributed by atoms with Gasteiger partial charge < -0.3 is 20.1 Å². The minimum atomic E-state index is -1.00. The van der Waals surface area contributed by atoms with E-state index in [1.807, 2.05) is 30.3 Å². The molecule has 0 spiro atoms. The smallest absolute Gasteiger partial charge is 0.329 e. The van der Waals surface area contributed by atoms with Gasteiger partial charge in [-0.2, -0.15) is 0 Å². The number of carbonyl (C=O) groups is 3. The number of urea groups is 1. The number of nitrogens with zero attached hydrogens (tertiary/aromatic N) is 2. The number of aryl methyl sites for hydroxylation is 1. The van der Waals surface area contributed by atoms with Gasteiger partial charge >= 0.3 is 12.0 Å². The third-order valence-electron chi connectivity index (χ3n) is 4.89. The van der Waals surface area contributed by atoms with Gasteiger partial charge in [0.2, 0.25) is 0 Å². The van der Waals surface area contributed by atoms with Crippen molar-refractivity contribution in [3.05, 3.63) is 46.5 Å². The highest BCUT2D eigenvalue weighted by atomic mass is 32.1. The highest BCUT2D eigenvalue weighted by molar-refractivity contribution is 7.17. The zero-order chi connectivity index (χ0) is 22.2. The first-order valence-corrected chi connectivity index (χ1v) is 10.9. The SMILES string of the molecule is Cc1nc(NC(=O)NCc2ccccc2)sc1C(=O)N1CCCC(COCC(=O)O)C1. The monoisotopic (exact) mass is 446 g/mol. The summed E-state index contributed by atoms with van der Waals surface area (Å²) in [5, 5.41) is 14.5. The van der Waals surface area contributed by atoms with E-state index < -0.39 is 5.97 Å². The number of aromatic nitrogens is 1. The van der Waals surface area contributed by atoms with E-state index in [9.17, 15) is 14.4 Å². The lowest BCUT2D eigenvalue weighted by molar-refractivity contribution is -0.142. The first-order valence-electron chi connectivity index (χ1n) is 10.1. The Morgan fingerprint density at radius 2 is 2.06 bits per heavy atom. The van der Waals surface area contributed by atoms with Crippen LogP contribution in [0.25, 0.3) is 0 Å². The number of aliphatic carboxylic acids is 1. The van der Waals surface area contributed by atoms with Gasteiger partial charge in [-0.3, -0.25) is 10.1 Å². The largest absolute Gasteiger partial charge is 0.480 e. The van der Waals surface area contributed by atoms with Crippen LogP contribution in [0.15, 0.2) is 30.3 Å². The second kappa shape index (κ2) is 10.9. The molecule has 1 unspecified atom stereocenters. The van der Waals surface area contributed by atoms with Gasteiger partial charge in [-0.05, 0) is 31.2 Å². The molecule has 1 fully saturated rings. The Kier molecular flexibility index (Phi) is 7.96. The first kappa shape index (κ1) is 22.7. The van der Waals surface area contributed by atoms with E-state index in [1.165, 1.54) is 0 Å². The Balaban J connectivity index is 1.53. The highest BCUT2D eigenvalue weighted by Gasteiger charge is 2.27. The Morgan fingerprint density at radius 1 is 1.29 bits per heavy atom. The van der Waals surface area contributed by atoms with Crippen molar-refractivity contribution in [1.82, 2.24) is 15.2 Å². The van der Waals surface area contributed by atoms with E-state index in [1.54, 1.807) is 11.8 Å². The summed E-state index contributed by atoms with van der Waals surface area (Å²) in [5.74, 6) is -1.03. The van der Waals surface area contributed by atoms with Crippen LogP contribution in [0.3, 0.4) is 0 Å². The van der Waals surface area contributed by atoms with E-state index in [2.05, 4.69) is 15.6 Å². The molecule has 2 aromatic rings. The van der Waals surface area contributed by atoms with Gasteiger partial charge in [0.15, 0.2) is 5.13 Å². The number of hydrogen-bond acceptors (Lipinski definition) is 6. The minimum absolute atomic E-state index is 0.103. The summed E-state index contributed by atoms with van der Waals surface area (Å²) in [6, 6.07) is 9.17. The number of amides is 3. The van der Waals surface area contributed by atoms with Crippen molar-refractivity contribution < 1.29 is 24.2 Å². The van der Waals surface area contributed by atoms with Crippen LogP contribution >= 0.6 is 11.3 Å². The first-order chi connectivity index (χ1) is 14.9. The fraction of sp³-hybridized carbons (Fsp3) is 0.429. The van der Waals surface area contributed by atoms with Gasteiger partial charge in [0.25, 0.3) is 5.91 Å². The maximum atomic E-state index is 13.0. The lowest BCUT2D eigenvalue weighted by Gasteiger charge is -2.32. The fourth-order valence-electron chi connectivity index (χ4n) is 3.41. The van der Waals surface area contributed by atoms with Crippen molar-refractivity contribution in [3.63, 3.8) is 0 Å². The molecule has 1 aromatic heterocycles. The van der Waals surface area contributed by atoms with Gasteiger partial charge in [-0.25, -0.2) is 14.6 Å². The lowest BCUT2D eigenvalue weighted by atomic mass is 9.99. The maximum Gasteiger partial charge on any atom is 0.329 e. The molecule has 10 heteroatoms. The molecule has 0 saturated carbocycles. The van der Waals surface area contributed by atoms with E-state index in [4.69, 9.17) is 9.84 Å². The van der Waals surface area contributed by atoms with Crippen LogP contribution in [-0.2, 0) is 16.1 Å². The highest BCUT2D eigenvalue weighted by Crippen LogP contribution is 2.26. The fourth-order valence-corrected chi connectivity index (χ4v) is 4.34. The van der Waals surface area contributed by atoms with Gasteiger partial charge in [0.05, 0.1) is 12.3 Å². The average Bonchev–Trinajstić information content (AvgIpc) is 3.12. The van der Waals surface area contributed by atoms with Crippen LogP contribution < -0.4 is 10.6 Å². The van der Waals surface area contributed by atoms with E-state index in [0.29, 0.717) is 41.9 Å². The maximum absolute atomic E-state index is 13.0. The summed E-state index contributed by atoms with van der Waals surface area (Å²) in [6.45, 7) is 3.25. The molecular formula is C21H26N4O5S. The number of piperidine rings is 1. The molecule has 0 aliphatic carbocycles. The second-order valence-corrected chi connectivity index (χ2v) is 8.39. The molecule has 166 valence electrons. The summed E-state index contributed by atoms with van der Waals surface area (Å²) < 4.78 is 5.19. The molecule has 1 aromatic carbocycles. The van der Waals surface area contributed by atoms with Crippen molar-refractivity contribution in [1.29, 1.82) is 0 Å². The van der Waals surface area contributed by atoms with Crippen LogP contribution in [0.5, 0.6) is 0 Å². The van der Waals surface area contributed by atoms with Gasteiger partial charge in [-0.15, -0.1) is 0 Å². The number of hydrogen-bond donors (Lipinski definition) is 3. The molecule has 1 aliphatic heterocycles. The molecule has 31 heavy (non-hydrogen) atoms. The van der Waals surface area contributed by atoms with Gasteiger partial charge in [0, 0.05) is 19.6 Å². The third kappa shape index (κ3) is 6.76. The number of carboxylic acids is 1. The number of thiazole rings is 1. The quantitative estimate of drug-likeness (QED) is 0.573. The number of benzene rings is 1. The van der Waals surface area contributed by atoms with Gasteiger partial charge in [-0.1, -0.05) is 41.7 Å². The molecule has 0 bridgehead atoms.